The van der Waals surface area contributed by atoms with Gasteiger partial charge in [-0.3, -0.25) is 4.40 Å². The molecule has 0 radical (unpaired) electrons. The van der Waals surface area contributed by atoms with Gasteiger partial charge in [0.1, 0.15) is 5.82 Å². The maximum atomic E-state index is 6.08. The van der Waals surface area contributed by atoms with Crippen molar-refractivity contribution in [2.45, 2.75) is 13.3 Å². The van der Waals surface area contributed by atoms with Gasteiger partial charge < -0.3 is 0 Å². The van der Waals surface area contributed by atoms with Crippen LogP contribution in [-0.2, 0) is 6.42 Å². The van der Waals surface area contributed by atoms with E-state index >= 15 is 0 Å². The average molecular weight is 267 g/mol. The van der Waals surface area contributed by atoms with E-state index < -0.39 is 0 Å². The van der Waals surface area contributed by atoms with Crippen LogP contribution in [0.3, 0.4) is 0 Å². The van der Waals surface area contributed by atoms with Crippen LogP contribution in [0.5, 0.6) is 0 Å². The minimum atomic E-state index is 0.340. The molecular weight excluding hydrogens is 259 g/mol. The van der Waals surface area contributed by atoms with Crippen molar-refractivity contribution in [3.05, 3.63) is 34.2 Å². The molecular formula is C11H8Cl2N4. The van der Waals surface area contributed by atoms with Crippen LogP contribution >= 0.6 is 23.2 Å². The second-order valence-electron chi connectivity index (χ2n) is 3.66. The number of fused-ring (bicyclic) bond motifs is 3. The molecule has 0 unspecified atom stereocenters. The van der Waals surface area contributed by atoms with E-state index in [1.54, 1.807) is 6.07 Å². The summed E-state index contributed by atoms with van der Waals surface area (Å²) < 4.78 is 1.92. The number of rotatable bonds is 1. The molecule has 3 aromatic rings. The van der Waals surface area contributed by atoms with E-state index in [0.29, 0.717) is 15.8 Å². The zero-order chi connectivity index (χ0) is 12.0. The lowest BCUT2D eigenvalue weighted by atomic mass is 10.3. The largest absolute Gasteiger partial charge is 0.275 e. The SMILES string of the molecule is CCc1nnc2c(Cl)nc3cc(Cl)ccc3n12. The van der Waals surface area contributed by atoms with Crippen molar-refractivity contribution in [1.82, 2.24) is 19.6 Å². The summed E-state index contributed by atoms with van der Waals surface area (Å²) in [6.07, 6.45) is 0.777. The third kappa shape index (κ3) is 1.56. The monoisotopic (exact) mass is 266 g/mol. The molecule has 6 heteroatoms. The smallest absolute Gasteiger partial charge is 0.199 e. The van der Waals surface area contributed by atoms with E-state index in [0.717, 1.165) is 23.3 Å². The van der Waals surface area contributed by atoms with Crippen LogP contribution in [0, 0.1) is 0 Å². The minimum Gasteiger partial charge on any atom is -0.275 e. The van der Waals surface area contributed by atoms with Gasteiger partial charge in [0.15, 0.2) is 10.8 Å². The predicted molar refractivity (Wildman–Crippen MR) is 67.7 cm³/mol. The van der Waals surface area contributed by atoms with Gasteiger partial charge >= 0.3 is 0 Å². The van der Waals surface area contributed by atoms with Crippen LogP contribution in [0.1, 0.15) is 12.7 Å². The van der Waals surface area contributed by atoms with E-state index in [4.69, 9.17) is 23.2 Å². The molecule has 0 aliphatic rings. The number of nitrogens with zero attached hydrogens (tertiary/aromatic N) is 4. The Morgan fingerprint density at radius 1 is 1.24 bits per heavy atom. The molecule has 0 saturated carbocycles. The summed E-state index contributed by atoms with van der Waals surface area (Å²) in [5.74, 6) is 0.858. The molecule has 0 aliphatic heterocycles. The van der Waals surface area contributed by atoms with Gasteiger partial charge in [-0.15, -0.1) is 10.2 Å². The molecule has 0 atom stereocenters. The zero-order valence-corrected chi connectivity index (χ0v) is 10.5. The molecule has 86 valence electrons. The fraction of sp³-hybridized carbons (Fsp3) is 0.182. The molecule has 17 heavy (non-hydrogen) atoms. The molecule has 4 nitrogen and oxygen atoms in total. The highest BCUT2D eigenvalue weighted by atomic mass is 35.5. The molecule has 2 heterocycles. The number of hydrogen-bond donors (Lipinski definition) is 0. The van der Waals surface area contributed by atoms with Crippen LogP contribution in [0.4, 0.5) is 0 Å². The Morgan fingerprint density at radius 3 is 2.82 bits per heavy atom. The van der Waals surface area contributed by atoms with Crippen molar-refractivity contribution in [2.24, 2.45) is 0 Å². The lowest BCUT2D eigenvalue weighted by Crippen LogP contribution is -1.97. The number of benzene rings is 1. The summed E-state index contributed by atoms with van der Waals surface area (Å²) in [4.78, 5) is 4.27. The summed E-state index contributed by atoms with van der Waals surface area (Å²) in [6, 6.07) is 5.50. The van der Waals surface area contributed by atoms with Gasteiger partial charge in [-0.25, -0.2) is 4.98 Å². The van der Waals surface area contributed by atoms with Gasteiger partial charge in [0.2, 0.25) is 0 Å². The first-order valence-corrected chi connectivity index (χ1v) is 5.95. The maximum Gasteiger partial charge on any atom is 0.199 e. The number of aromatic nitrogens is 4. The Hall–Kier alpha value is -1.39. The summed E-state index contributed by atoms with van der Waals surface area (Å²) >= 11 is 12.0. The average Bonchev–Trinajstić information content (AvgIpc) is 2.73. The number of hydrogen-bond acceptors (Lipinski definition) is 3. The van der Waals surface area contributed by atoms with Crippen molar-refractivity contribution < 1.29 is 0 Å². The van der Waals surface area contributed by atoms with E-state index in [2.05, 4.69) is 15.2 Å². The first kappa shape index (κ1) is 10.7. The van der Waals surface area contributed by atoms with Crippen molar-refractivity contribution >= 4 is 39.9 Å². The van der Waals surface area contributed by atoms with E-state index in [9.17, 15) is 0 Å². The van der Waals surface area contributed by atoms with Crippen molar-refractivity contribution in [1.29, 1.82) is 0 Å². The standard InChI is InChI=1S/C11H8Cl2N4/c1-2-9-15-16-11-10(13)14-7-5-6(12)3-4-8(7)17(9)11/h3-5H,2H2,1H3. The first-order chi connectivity index (χ1) is 8.20. The van der Waals surface area contributed by atoms with Gasteiger partial charge in [0, 0.05) is 11.4 Å². The Kier molecular flexibility index (Phi) is 2.42. The molecule has 1 aromatic carbocycles. The van der Waals surface area contributed by atoms with Crippen molar-refractivity contribution in [2.75, 3.05) is 0 Å². The quantitative estimate of drug-likeness (QED) is 0.680. The molecule has 0 amide bonds. The van der Waals surface area contributed by atoms with E-state index in [-0.39, 0.29) is 0 Å². The van der Waals surface area contributed by atoms with Crippen LogP contribution in [0.2, 0.25) is 10.2 Å². The van der Waals surface area contributed by atoms with Gasteiger partial charge in [-0.05, 0) is 18.2 Å². The third-order valence-electron chi connectivity index (χ3n) is 2.63. The second-order valence-corrected chi connectivity index (χ2v) is 4.46. The summed E-state index contributed by atoms with van der Waals surface area (Å²) in [5, 5.41) is 9.12. The second kappa shape index (κ2) is 3.82. The van der Waals surface area contributed by atoms with Crippen LogP contribution in [0.25, 0.3) is 16.7 Å². The van der Waals surface area contributed by atoms with Crippen molar-refractivity contribution in [3.8, 4) is 0 Å². The van der Waals surface area contributed by atoms with Crippen LogP contribution < -0.4 is 0 Å². The zero-order valence-electron chi connectivity index (χ0n) is 8.98. The van der Waals surface area contributed by atoms with Gasteiger partial charge in [-0.1, -0.05) is 30.1 Å². The highest BCUT2D eigenvalue weighted by molar-refractivity contribution is 6.33. The molecule has 0 N–H and O–H groups in total. The van der Waals surface area contributed by atoms with E-state index in [1.807, 2.05) is 23.5 Å². The van der Waals surface area contributed by atoms with Crippen molar-refractivity contribution in [3.63, 3.8) is 0 Å². The maximum absolute atomic E-state index is 6.08. The Balaban J connectivity index is 2.56. The summed E-state index contributed by atoms with van der Waals surface area (Å²) in [6.45, 7) is 2.02. The van der Waals surface area contributed by atoms with Crippen LogP contribution in [-0.4, -0.2) is 19.6 Å². The highest BCUT2D eigenvalue weighted by Crippen LogP contribution is 2.24. The first-order valence-electron chi connectivity index (χ1n) is 5.19. The molecule has 0 spiro atoms. The molecule has 2 aromatic heterocycles. The predicted octanol–water partition coefficient (Wildman–Crippen LogP) is 3.15. The lowest BCUT2D eigenvalue weighted by molar-refractivity contribution is 0.921. The molecule has 3 rings (SSSR count). The third-order valence-corrected chi connectivity index (χ3v) is 3.12. The van der Waals surface area contributed by atoms with Gasteiger partial charge in [0.05, 0.1) is 11.0 Å². The molecule has 0 fully saturated rings. The van der Waals surface area contributed by atoms with Gasteiger partial charge in [0.25, 0.3) is 0 Å². The Labute approximate surface area is 107 Å². The Morgan fingerprint density at radius 2 is 2.06 bits per heavy atom. The fourth-order valence-corrected chi connectivity index (χ4v) is 2.24. The topological polar surface area (TPSA) is 43.1 Å². The summed E-state index contributed by atoms with van der Waals surface area (Å²) in [7, 11) is 0. The normalized spacial score (nSPS) is 11.5. The Bertz CT molecular complexity index is 720. The van der Waals surface area contributed by atoms with Crippen LogP contribution in [0.15, 0.2) is 18.2 Å². The minimum absolute atomic E-state index is 0.340. The molecule has 0 aliphatic carbocycles. The molecule has 0 bridgehead atoms. The lowest BCUT2D eigenvalue weighted by Gasteiger charge is -2.04. The van der Waals surface area contributed by atoms with E-state index in [1.165, 1.54) is 0 Å². The summed E-state index contributed by atoms with van der Waals surface area (Å²) in [5.41, 5.74) is 2.23. The fourth-order valence-electron chi connectivity index (χ4n) is 1.86. The number of halogens is 2. The molecule has 0 saturated heterocycles. The number of aryl methyl sites for hydroxylation is 1. The van der Waals surface area contributed by atoms with Gasteiger partial charge in [-0.2, -0.15) is 0 Å². The highest BCUT2D eigenvalue weighted by Gasteiger charge is 2.12.